The number of H-pyrrole nitrogens is 1. The molecular weight excluding hydrogens is 488 g/mol. The summed E-state index contributed by atoms with van der Waals surface area (Å²) in [4.78, 5) is 20.0. The van der Waals surface area contributed by atoms with Crippen molar-refractivity contribution in [1.29, 1.82) is 0 Å². The van der Waals surface area contributed by atoms with Gasteiger partial charge < -0.3 is 14.3 Å². The Morgan fingerprint density at radius 1 is 1.13 bits per heavy atom. The number of nitrogens with one attached hydrogen (secondary N) is 1. The lowest BCUT2D eigenvalue weighted by molar-refractivity contribution is -0.0312. The largest absolute Gasteiger partial charge is 0.378 e. The van der Waals surface area contributed by atoms with Crippen molar-refractivity contribution in [3.63, 3.8) is 0 Å². The average Bonchev–Trinajstić information content (AvgIpc) is 3.54. The summed E-state index contributed by atoms with van der Waals surface area (Å²) in [5.74, 6) is 1.48. The number of aromatic nitrogens is 5. The van der Waals surface area contributed by atoms with Crippen LogP contribution in [0.15, 0.2) is 47.7 Å². The molecule has 8 nitrogen and oxygen atoms in total. The molecule has 39 heavy (non-hydrogen) atoms. The molecular formula is C31H38N6O2. The second kappa shape index (κ2) is 9.75. The summed E-state index contributed by atoms with van der Waals surface area (Å²) in [5, 5.41) is 9.81. The van der Waals surface area contributed by atoms with Crippen LogP contribution in [0, 0.1) is 0 Å². The first kappa shape index (κ1) is 24.8. The van der Waals surface area contributed by atoms with Gasteiger partial charge in [0.1, 0.15) is 17.7 Å². The monoisotopic (exact) mass is 526 g/mol. The van der Waals surface area contributed by atoms with Crippen LogP contribution < -0.4 is 5.56 Å². The van der Waals surface area contributed by atoms with Crippen molar-refractivity contribution in [3.05, 3.63) is 75.9 Å². The van der Waals surface area contributed by atoms with Gasteiger partial charge in [-0.25, -0.2) is 0 Å². The molecule has 0 unspecified atom stereocenters. The number of fused-ring (bicyclic) bond motifs is 1. The molecule has 1 aliphatic heterocycles. The highest BCUT2D eigenvalue weighted by molar-refractivity contribution is 5.84. The van der Waals surface area contributed by atoms with Crippen molar-refractivity contribution >= 4 is 10.9 Å². The Kier molecular flexibility index (Phi) is 6.20. The number of hydrogen-bond acceptors (Lipinski definition) is 5. The lowest BCUT2D eigenvalue weighted by Gasteiger charge is -2.46. The number of hydrogen-bond donors (Lipinski definition) is 1. The molecule has 0 atom stereocenters. The van der Waals surface area contributed by atoms with Crippen LogP contribution in [0.4, 0.5) is 0 Å². The normalized spacial score (nSPS) is 23.8. The average molecular weight is 527 g/mol. The van der Waals surface area contributed by atoms with Crippen molar-refractivity contribution in [2.45, 2.75) is 75.9 Å². The van der Waals surface area contributed by atoms with Crippen LogP contribution in [0.3, 0.4) is 0 Å². The molecule has 2 aliphatic carbocycles. The third kappa shape index (κ3) is 4.34. The molecule has 3 fully saturated rings. The molecule has 0 radical (unpaired) electrons. The molecule has 1 aromatic carbocycles. The predicted octanol–water partition coefficient (Wildman–Crippen LogP) is 4.80. The summed E-state index contributed by atoms with van der Waals surface area (Å²) in [7, 11) is 2.00. The van der Waals surface area contributed by atoms with E-state index in [0.717, 1.165) is 66.1 Å². The third-order valence-electron chi connectivity index (χ3n) is 9.12. The quantitative estimate of drug-likeness (QED) is 0.357. The number of likely N-dealkylation sites (tertiary alicyclic amines) is 1. The lowest BCUT2D eigenvalue weighted by atomic mass is 9.62. The van der Waals surface area contributed by atoms with E-state index in [2.05, 4.69) is 50.5 Å². The van der Waals surface area contributed by atoms with E-state index >= 15 is 0 Å². The zero-order valence-corrected chi connectivity index (χ0v) is 23.0. The fourth-order valence-electron chi connectivity index (χ4n) is 6.94. The number of piperidine rings is 1. The van der Waals surface area contributed by atoms with Crippen molar-refractivity contribution < 1.29 is 4.74 Å². The zero-order chi connectivity index (χ0) is 26.6. The van der Waals surface area contributed by atoms with Crippen LogP contribution in [0.2, 0.25) is 0 Å². The Balaban J connectivity index is 1.29. The summed E-state index contributed by atoms with van der Waals surface area (Å²) < 4.78 is 9.84. The summed E-state index contributed by atoms with van der Waals surface area (Å²) in [6.07, 6.45) is 12.0. The molecule has 3 aliphatic rings. The molecule has 4 heterocycles. The predicted molar refractivity (Wildman–Crippen MR) is 151 cm³/mol. The van der Waals surface area contributed by atoms with E-state index in [1.165, 1.54) is 37.7 Å². The van der Waals surface area contributed by atoms with Crippen LogP contribution in [-0.2, 0) is 23.7 Å². The van der Waals surface area contributed by atoms with E-state index in [4.69, 9.17) is 4.74 Å². The molecule has 4 aromatic rings. The lowest BCUT2D eigenvalue weighted by Crippen LogP contribution is -2.48. The Hall–Kier alpha value is -3.23. The molecule has 0 amide bonds. The standard InChI is InChI=1S/C31H38N6O2/c1-3-39-25-16-31(17-25,30-34-32-20-35(30)2)22-8-7-9-24(14-22)37-19-27(21-10-11-21)26-15-23(33-28(26)29(37)38)18-36-12-5-4-6-13-36/h7-9,14-15,19-21,25,33H,3-6,10-13,16-18H2,1-2H3/t25-,31-. The van der Waals surface area contributed by atoms with Gasteiger partial charge in [-0.3, -0.25) is 14.3 Å². The van der Waals surface area contributed by atoms with Gasteiger partial charge in [0.2, 0.25) is 0 Å². The topological polar surface area (TPSA) is 81.0 Å². The van der Waals surface area contributed by atoms with Crippen molar-refractivity contribution in [2.75, 3.05) is 19.7 Å². The van der Waals surface area contributed by atoms with Crippen molar-refractivity contribution in [3.8, 4) is 5.69 Å². The number of nitrogens with zero attached hydrogens (tertiary/aromatic N) is 5. The maximum atomic E-state index is 14.0. The zero-order valence-electron chi connectivity index (χ0n) is 23.0. The van der Waals surface area contributed by atoms with Gasteiger partial charge in [-0.05, 0) is 93.8 Å². The number of aromatic amines is 1. The van der Waals surface area contributed by atoms with E-state index in [1.807, 2.05) is 29.2 Å². The highest BCUT2D eigenvalue weighted by atomic mass is 16.5. The molecule has 1 N–H and O–H groups in total. The second-order valence-electron chi connectivity index (χ2n) is 11.8. The van der Waals surface area contributed by atoms with Gasteiger partial charge in [-0.1, -0.05) is 18.6 Å². The van der Waals surface area contributed by atoms with E-state index in [-0.39, 0.29) is 17.1 Å². The summed E-state index contributed by atoms with van der Waals surface area (Å²) >= 11 is 0. The first-order valence-electron chi connectivity index (χ1n) is 14.6. The van der Waals surface area contributed by atoms with Crippen LogP contribution in [0.5, 0.6) is 0 Å². The van der Waals surface area contributed by atoms with Crippen LogP contribution in [0.25, 0.3) is 16.6 Å². The Labute approximate surface area is 229 Å². The van der Waals surface area contributed by atoms with Crippen LogP contribution in [-0.4, -0.2) is 55.0 Å². The third-order valence-corrected chi connectivity index (χ3v) is 9.12. The highest BCUT2D eigenvalue weighted by Crippen LogP contribution is 2.50. The van der Waals surface area contributed by atoms with Crippen LogP contribution >= 0.6 is 0 Å². The fraction of sp³-hybridized carbons (Fsp3) is 0.516. The van der Waals surface area contributed by atoms with Crippen molar-refractivity contribution in [2.24, 2.45) is 7.05 Å². The number of benzene rings is 1. The molecule has 204 valence electrons. The maximum absolute atomic E-state index is 14.0. The van der Waals surface area contributed by atoms with Crippen LogP contribution in [0.1, 0.15) is 80.4 Å². The molecule has 7 rings (SSSR count). The van der Waals surface area contributed by atoms with E-state index in [1.54, 1.807) is 6.33 Å². The smallest absolute Gasteiger partial charge is 0.279 e. The minimum atomic E-state index is -0.276. The number of aryl methyl sites for hydroxylation is 1. The van der Waals surface area contributed by atoms with Gasteiger partial charge in [-0.15, -0.1) is 10.2 Å². The van der Waals surface area contributed by atoms with Gasteiger partial charge in [0.25, 0.3) is 5.56 Å². The number of rotatable bonds is 8. The minimum Gasteiger partial charge on any atom is -0.378 e. The first-order chi connectivity index (χ1) is 19.1. The van der Waals surface area contributed by atoms with Gasteiger partial charge >= 0.3 is 0 Å². The Morgan fingerprint density at radius 3 is 2.67 bits per heavy atom. The number of pyridine rings is 1. The minimum absolute atomic E-state index is 0.0185. The Bertz CT molecular complexity index is 1550. The molecule has 3 aromatic heterocycles. The molecule has 0 spiro atoms. The second-order valence-corrected chi connectivity index (χ2v) is 11.8. The van der Waals surface area contributed by atoms with E-state index < -0.39 is 0 Å². The molecule has 0 bridgehead atoms. The maximum Gasteiger partial charge on any atom is 0.279 e. The van der Waals surface area contributed by atoms with Gasteiger partial charge in [-0.2, -0.15) is 0 Å². The first-order valence-corrected chi connectivity index (χ1v) is 14.6. The molecule has 2 saturated carbocycles. The van der Waals surface area contributed by atoms with E-state index in [9.17, 15) is 4.79 Å². The SMILES string of the molecule is CCO[C@H]1C[C@](c2cccc(-n3cc(C4CC4)c4cc(CN5CCCCC5)[nH]c4c3=O)c2)(c2nncn2C)C1. The Morgan fingerprint density at radius 2 is 1.95 bits per heavy atom. The highest BCUT2D eigenvalue weighted by Gasteiger charge is 2.50. The molecule has 8 heteroatoms. The van der Waals surface area contributed by atoms with Gasteiger partial charge in [0.05, 0.1) is 11.5 Å². The molecule has 1 saturated heterocycles. The van der Waals surface area contributed by atoms with Crippen molar-refractivity contribution in [1.82, 2.24) is 29.2 Å². The van der Waals surface area contributed by atoms with Gasteiger partial charge in [0.15, 0.2) is 0 Å². The van der Waals surface area contributed by atoms with Gasteiger partial charge in [0, 0.05) is 43.2 Å². The fourth-order valence-corrected chi connectivity index (χ4v) is 6.94. The number of ether oxygens (including phenoxy) is 1. The summed E-state index contributed by atoms with van der Waals surface area (Å²) in [5.41, 5.74) is 4.97. The summed E-state index contributed by atoms with van der Waals surface area (Å²) in [6.45, 7) is 5.91. The summed E-state index contributed by atoms with van der Waals surface area (Å²) in [6, 6.07) is 10.7. The van der Waals surface area contributed by atoms with E-state index in [0.29, 0.717) is 12.5 Å².